The average Bonchev–Trinajstić information content (AvgIpc) is 2.63. The predicted molar refractivity (Wildman–Crippen MR) is 111 cm³/mol. The third-order valence-electron chi connectivity index (χ3n) is 4.15. The van der Waals surface area contributed by atoms with Crippen LogP contribution in [0.1, 0.15) is 25.8 Å². The Balaban J connectivity index is 2.40. The number of amides is 1. The molecule has 0 spiro atoms. The molecule has 1 amide bonds. The van der Waals surface area contributed by atoms with Gasteiger partial charge in [-0.2, -0.15) is 0 Å². The highest BCUT2D eigenvalue weighted by atomic mass is 79.9. The van der Waals surface area contributed by atoms with Crippen molar-refractivity contribution in [1.29, 1.82) is 0 Å². The summed E-state index contributed by atoms with van der Waals surface area (Å²) in [5.74, 6) is -0.151. The standard InChI is InChI=1S/C19H23BrN2O4S/c1-5-13(3)19(23)21-14-7-9-17(26-4)18(11-14)27(24,25)22-16-10-12(2)6-8-15(16)20/h6-11,13,22H,5H2,1-4H3,(H,21,23)/t13-/m0/s1. The first-order valence-corrected chi connectivity index (χ1v) is 10.7. The quantitative estimate of drug-likeness (QED) is 0.642. The molecular weight excluding hydrogens is 432 g/mol. The first-order chi connectivity index (χ1) is 12.7. The van der Waals surface area contributed by atoms with Gasteiger partial charge in [0.05, 0.1) is 12.8 Å². The molecule has 0 heterocycles. The van der Waals surface area contributed by atoms with E-state index in [1.807, 2.05) is 26.8 Å². The zero-order chi connectivity index (χ0) is 20.2. The highest BCUT2D eigenvalue weighted by molar-refractivity contribution is 9.10. The number of nitrogens with one attached hydrogen (secondary N) is 2. The van der Waals surface area contributed by atoms with Crippen LogP contribution in [0.5, 0.6) is 5.75 Å². The van der Waals surface area contributed by atoms with Gasteiger partial charge in [0, 0.05) is 16.1 Å². The molecule has 6 nitrogen and oxygen atoms in total. The summed E-state index contributed by atoms with van der Waals surface area (Å²) in [6.07, 6.45) is 0.691. The van der Waals surface area contributed by atoms with Gasteiger partial charge in [-0.05, 0) is 65.2 Å². The van der Waals surface area contributed by atoms with Crippen LogP contribution in [0.3, 0.4) is 0 Å². The van der Waals surface area contributed by atoms with Crippen molar-refractivity contribution in [1.82, 2.24) is 0 Å². The maximum atomic E-state index is 12.9. The zero-order valence-corrected chi connectivity index (χ0v) is 18.1. The Morgan fingerprint density at radius 3 is 2.56 bits per heavy atom. The summed E-state index contributed by atoms with van der Waals surface area (Å²) in [7, 11) is -2.54. The second kappa shape index (κ2) is 8.75. The van der Waals surface area contributed by atoms with Crippen LogP contribution < -0.4 is 14.8 Å². The fourth-order valence-corrected chi connectivity index (χ4v) is 4.08. The number of anilines is 2. The molecule has 0 saturated heterocycles. The number of ether oxygens (including phenoxy) is 1. The molecule has 0 bridgehead atoms. The summed E-state index contributed by atoms with van der Waals surface area (Å²) in [4.78, 5) is 12.1. The summed E-state index contributed by atoms with van der Waals surface area (Å²) < 4.78 is 34.3. The molecule has 0 fully saturated rings. The SMILES string of the molecule is CC[C@H](C)C(=O)Nc1ccc(OC)c(S(=O)(=O)Nc2cc(C)ccc2Br)c1. The Labute approximate surface area is 168 Å². The van der Waals surface area contributed by atoms with Gasteiger partial charge in [-0.1, -0.05) is 19.9 Å². The number of aryl methyl sites for hydroxylation is 1. The monoisotopic (exact) mass is 454 g/mol. The van der Waals surface area contributed by atoms with E-state index in [0.29, 0.717) is 22.3 Å². The van der Waals surface area contributed by atoms with Crippen LogP contribution in [-0.2, 0) is 14.8 Å². The van der Waals surface area contributed by atoms with E-state index in [0.717, 1.165) is 5.56 Å². The molecule has 8 heteroatoms. The molecule has 2 aromatic carbocycles. The van der Waals surface area contributed by atoms with Crippen molar-refractivity contribution in [3.05, 3.63) is 46.4 Å². The van der Waals surface area contributed by atoms with Crippen LogP contribution in [0.4, 0.5) is 11.4 Å². The lowest BCUT2D eigenvalue weighted by Crippen LogP contribution is -2.20. The Hall–Kier alpha value is -2.06. The van der Waals surface area contributed by atoms with Crippen LogP contribution >= 0.6 is 15.9 Å². The lowest BCUT2D eigenvalue weighted by Gasteiger charge is -2.15. The molecule has 0 aliphatic rings. The molecule has 2 N–H and O–H groups in total. The van der Waals surface area contributed by atoms with Gasteiger partial charge in [0.25, 0.3) is 10.0 Å². The number of halogens is 1. The number of methoxy groups -OCH3 is 1. The average molecular weight is 455 g/mol. The molecule has 0 unspecified atom stereocenters. The Bertz CT molecular complexity index is 945. The van der Waals surface area contributed by atoms with Crippen molar-refractivity contribution in [2.24, 2.45) is 5.92 Å². The van der Waals surface area contributed by atoms with Crippen LogP contribution in [0.15, 0.2) is 45.8 Å². The van der Waals surface area contributed by atoms with E-state index in [1.54, 1.807) is 18.2 Å². The van der Waals surface area contributed by atoms with Gasteiger partial charge >= 0.3 is 0 Å². The summed E-state index contributed by atoms with van der Waals surface area (Å²) >= 11 is 3.35. The minimum Gasteiger partial charge on any atom is -0.495 e. The van der Waals surface area contributed by atoms with Crippen molar-refractivity contribution in [3.8, 4) is 5.75 Å². The highest BCUT2D eigenvalue weighted by Gasteiger charge is 2.22. The predicted octanol–water partition coefficient (Wildman–Crippen LogP) is 4.55. The van der Waals surface area contributed by atoms with Crippen molar-refractivity contribution < 1.29 is 17.9 Å². The molecule has 2 rings (SSSR count). The first-order valence-electron chi connectivity index (χ1n) is 8.45. The molecule has 27 heavy (non-hydrogen) atoms. The molecule has 1 atom stereocenters. The molecule has 0 aliphatic carbocycles. The Morgan fingerprint density at radius 2 is 1.93 bits per heavy atom. The van der Waals surface area contributed by atoms with E-state index in [2.05, 4.69) is 26.0 Å². The fourth-order valence-electron chi connectivity index (χ4n) is 2.33. The summed E-state index contributed by atoms with van der Waals surface area (Å²) in [6, 6.07) is 9.89. The highest BCUT2D eigenvalue weighted by Crippen LogP contribution is 2.31. The maximum absolute atomic E-state index is 12.9. The molecular formula is C19H23BrN2O4S. The number of rotatable bonds is 7. The number of hydrogen-bond donors (Lipinski definition) is 2. The van der Waals surface area contributed by atoms with Crippen LogP contribution in [-0.4, -0.2) is 21.4 Å². The van der Waals surface area contributed by atoms with Gasteiger partial charge in [-0.25, -0.2) is 8.42 Å². The summed E-state index contributed by atoms with van der Waals surface area (Å²) in [6.45, 7) is 5.60. The zero-order valence-electron chi connectivity index (χ0n) is 15.7. The third kappa shape index (κ3) is 5.23. The fraction of sp³-hybridized carbons (Fsp3) is 0.316. The first kappa shape index (κ1) is 21.2. The summed E-state index contributed by atoms with van der Waals surface area (Å²) in [5, 5.41) is 2.74. The van der Waals surface area contributed by atoms with Crippen molar-refractivity contribution >= 4 is 43.2 Å². The van der Waals surface area contributed by atoms with Gasteiger partial charge in [0.1, 0.15) is 10.6 Å². The minimum absolute atomic E-state index is 0.0552. The van der Waals surface area contributed by atoms with E-state index in [-0.39, 0.29) is 22.5 Å². The lowest BCUT2D eigenvalue weighted by atomic mass is 10.1. The van der Waals surface area contributed by atoms with E-state index in [1.165, 1.54) is 19.2 Å². The van der Waals surface area contributed by atoms with E-state index >= 15 is 0 Å². The molecule has 0 aromatic heterocycles. The third-order valence-corrected chi connectivity index (χ3v) is 6.23. The topological polar surface area (TPSA) is 84.5 Å². The molecule has 0 radical (unpaired) electrons. The van der Waals surface area contributed by atoms with Crippen LogP contribution in [0.25, 0.3) is 0 Å². The molecule has 146 valence electrons. The minimum atomic E-state index is -3.94. The van der Waals surface area contributed by atoms with Crippen LogP contribution in [0, 0.1) is 12.8 Å². The van der Waals surface area contributed by atoms with Crippen molar-refractivity contribution in [3.63, 3.8) is 0 Å². The smallest absolute Gasteiger partial charge is 0.265 e. The van der Waals surface area contributed by atoms with E-state index < -0.39 is 10.0 Å². The van der Waals surface area contributed by atoms with Crippen LogP contribution in [0.2, 0.25) is 0 Å². The number of benzene rings is 2. The van der Waals surface area contributed by atoms with Gasteiger partial charge in [0.15, 0.2) is 0 Å². The second-order valence-electron chi connectivity index (χ2n) is 6.25. The van der Waals surface area contributed by atoms with Gasteiger partial charge < -0.3 is 10.1 Å². The number of hydrogen-bond acceptors (Lipinski definition) is 4. The lowest BCUT2D eigenvalue weighted by molar-refractivity contribution is -0.119. The van der Waals surface area contributed by atoms with E-state index in [9.17, 15) is 13.2 Å². The van der Waals surface area contributed by atoms with Crippen molar-refractivity contribution in [2.75, 3.05) is 17.1 Å². The maximum Gasteiger partial charge on any atom is 0.265 e. The van der Waals surface area contributed by atoms with Gasteiger partial charge in [-0.3, -0.25) is 9.52 Å². The van der Waals surface area contributed by atoms with Gasteiger partial charge in [-0.15, -0.1) is 0 Å². The second-order valence-corrected chi connectivity index (χ2v) is 8.76. The van der Waals surface area contributed by atoms with Gasteiger partial charge in [0.2, 0.25) is 5.91 Å². The number of sulfonamides is 1. The summed E-state index contributed by atoms with van der Waals surface area (Å²) in [5.41, 5.74) is 1.73. The molecule has 0 saturated carbocycles. The van der Waals surface area contributed by atoms with Crippen molar-refractivity contribution in [2.45, 2.75) is 32.1 Å². The Morgan fingerprint density at radius 1 is 1.22 bits per heavy atom. The number of carbonyl (C=O) groups excluding carboxylic acids is 1. The molecule has 2 aromatic rings. The van der Waals surface area contributed by atoms with E-state index in [4.69, 9.17) is 4.74 Å². The largest absolute Gasteiger partial charge is 0.495 e. The normalized spacial score (nSPS) is 12.3. The Kier molecular flexibility index (Phi) is 6.89. The number of carbonyl (C=O) groups is 1. The molecule has 0 aliphatic heterocycles.